The molecular weight excluding hydrogens is 484 g/mol. The van der Waals surface area contributed by atoms with Crippen molar-refractivity contribution in [3.8, 4) is 28.1 Å². The van der Waals surface area contributed by atoms with Gasteiger partial charge in [0.25, 0.3) is 0 Å². The first-order valence-corrected chi connectivity index (χ1v) is 12.7. The summed E-state index contributed by atoms with van der Waals surface area (Å²) in [7, 11) is 0. The minimum atomic E-state index is -0.503. The summed E-state index contributed by atoms with van der Waals surface area (Å²) in [5, 5.41) is 24.6. The monoisotopic (exact) mass is 512 g/mol. The lowest BCUT2D eigenvalue weighted by atomic mass is 9.85. The number of Topliss-reactive ketones (excluding diaryl/α,β-unsaturated/α-hetero) is 1. The van der Waals surface area contributed by atoms with E-state index in [2.05, 4.69) is 10.1 Å². The number of fused-ring (bicyclic) bond motifs is 3. The number of hydrogen-bond acceptors (Lipinski definition) is 8. The Morgan fingerprint density at radius 2 is 1.79 bits per heavy atom. The zero-order valence-corrected chi connectivity index (χ0v) is 20.9. The molecule has 6 rings (SSSR count). The Labute approximate surface area is 218 Å². The number of anilines is 1. The van der Waals surface area contributed by atoms with Crippen molar-refractivity contribution < 1.29 is 19.8 Å². The van der Waals surface area contributed by atoms with Crippen LogP contribution in [-0.2, 0) is 4.79 Å². The van der Waals surface area contributed by atoms with E-state index < -0.39 is 6.61 Å². The third kappa shape index (κ3) is 3.79. The van der Waals surface area contributed by atoms with E-state index in [1.807, 2.05) is 30.3 Å². The summed E-state index contributed by atoms with van der Waals surface area (Å²) in [6, 6.07) is 11.0. The number of rotatable bonds is 5. The van der Waals surface area contributed by atoms with Crippen molar-refractivity contribution in [1.29, 1.82) is 0 Å². The van der Waals surface area contributed by atoms with Gasteiger partial charge in [-0.1, -0.05) is 30.3 Å². The summed E-state index contributed by atoms with van der Waals surface area (Å²) in [6.45, 7) is 0.965. The molecule has 2 aliphatic heterocycles. The minimum absolute atomic E-state index is 0.00600. The molecule has 1 aromatic carbocycles. The fourth-order valence-electron chi connectivity index (χ4n) is 6.20. The molecule has 4 aromatic rings. The summed E-state index contributed by atoms with van der Waals surface area (Å²) in [5.74, 6) is -0.287. The maximum Gasteiger partial charge on any atom is 0.248 e. The Bertz CT molecular complexity index is 1550. The first kappa shape index (κ1) is 24.1. The predicted molar refractivity (Wildman–Crippen MR) is 140 cm³/mol. The molecule has 2 bridgehead atoms. The van der Waals surface area contributed by atoms with Crippen LogP contribution in [0.4, 0.5) is 5.82 Å². The van der Waals surface area contributed by atoms with Crippen LogP contribution < -0.4 is 5.73 Å². The van der Waals surface area contributed by atoms with Crippen LogP contribution in [-0.4, -0.2) is 65.1 Å². The van der Waals surface area contributed by atoms with E-state index in [0.29, 0.717) is 46.6 Å². The first-order valence-electron chi connectivity index (χ1n) is 12.7. The SMILES string of the molecule is CC(=O)c1c([C@@H]2C[C@H]3CC[C@@H](C2)N3C(=O)CO)nc2c(-c3cnc(-c4ccccc4)c(O)c3)cnn2c1N. The molecule has 194 valence electrons. The second kappa shape index (κ2) is 9.21. The van der Waals surface area contributed by atoms with Crippen LogP contribution in [0.3, 0.4) is 0 Å². The number of pyridine rings is 1. The van der Waals surface area contributed by atoms with Gasteiger partial charge in [0.1, 0.15) is 23.9 Å². The standard InChI is InChI=1S/C28H28N6O4/c1-15(36)24-26(17-9-19-7-8-20(10-17)33(19)23(38)14-35)32-28-21(13-31-34(28)27(24)29)18-11-22(37)25(30-12-18)16-5-3-2-4-6-16/h2-6,11-13,17,19-20,35,37H,7-10,14,29H2,1H3/t17-,19-,20+. The molecule has 3 aromatic heterocycles. The molecule has 10 heteroatoms. The number of carbonyl (C=O) groups excluding carboxylic acids is 2. The summed E-state index contributed by atoms with van der Waals surface area (Å²) >= 11 is 0. The van der Waals surface area contributed by atoms with Crippen LogP contribution in [0.15, 0.2) is 48.8 Å². The van der Waals surface area contributed by atoms with Crippen LogP contribution in [0.5, 0.6) is 5.75 Å². The first-order chi connectivity index (χ1) is 18.4. The van der Waals surface area contributed by atoms with Crippen molar-refractivity contribution in [3.05, 3.63) is 60.0 Å². The number of aliphatic hydroxyl groups excluding tert-OH is 1. The molecule has 0 aliphatic carbocycles. The molecule has 38 heavy (non-hydrogen) atoms. The van der Waals surface area contributed by atoms with Crippen LogP contribution in [0.2, 0.25) is 0 Å². The van der Waals surface area contributed by atoms with Gasteiger partial charge in [-0.25, -0.2) is 4.98 Å². The summed E-state index contributed by atoms with van der Waals surface area (Å²) in [5.41, 5.74) is 10.4. The lowest BCUT2D eigenvalue weighted by Gasteiger charge is -2.39. The molecule has 2 saturated heterocycles. The van der Waals surface area contributed by atoms with E-state index in [1.165, 1.54) is 11.4 Å². The Hall–Kier alpha value is -4.31. The van der Waals surface area contributed by atoms with Gasteiger partial charge in [0.2, 0.25) is 5.91 Å². The summed E-state index contributed by atoms with van der Waals surface area (Å²) < 4.78 is 1.46. The van der Waals surface area contributed by atoms with Gasteiger partial charge in [0.05, 0.1) is 17.5 Å². The molecule has 4 N–H and O–H groups in total. The lowest BCUT2D eigenvalue weighted by Crippen LogP contribution is -2.47. The van der Waals surface area contributed by atoms with Crippen LogP contribution in [0, 0.1) is 0 Å². The van der Waals surface area contributed by atoms with Gasteiger partial charge in [-0.3, -0.25) is 14.6 Å². The van der Waals surface area contributed by atoms with E-state index in [1.54, 1.807) is 23.4 Å². The van der Waals surface area contributed by atoms with E-state index in [4.69, 9.17) is 10.7 Å². The maximum absolute atomic E-state index is 12.8. The number of carbonyl (C=O) groups is 2. The van der Waals surface area contributed by atoms with Gasteiger partial charge in [-0.2, -0.15) is 9.61 Å². The highest BCUT2D eigenvalue weighted by Gasteiger charge is 2.44. The van der Waals surface area contributed by atoms with Gasteiger partial charge < -0.3 is 20.8 Å². The van der Waals surface area contributed by atoms with Gasteiger partial charge in [-0.05, 0) is 38.7 Å². The number of ketones is 1. The molecule has 1 amide bonds. The van der Waals surface area contributed by atoms with Crippen molar-refractivity contribution in [2.75, 3.05) is 12.3 Å². The van der Waals surface area contributed by atoms with E-state index in [-0.39, 0.29) is 41.3 Å². The summed E-state index contributed by atoms with van der Waals surface area (Å²) in [6.07, 6.45) is 6.27. The van der Waals surface area contributed by atoms with Crippen LogP contribution in [0.25, 0.3) is 28.0 Å². The molecule has 3 atom stereocenters. The number of aliphatic hydroxyl groups is 1. The van der Waals surface area contributed by atoms with Gasteiger partial charge in [0, 0.05) is 40.9 Å². The summed E-state index contributed by atoms with van der Waals surface area (Å²) in [4.78, 5) is 36.3. The number of nitrogens with two attached hydrogens (primary N) is 1. The third-order valence-corrected chi connectivity index (χ3v) is 7.83. The second-order valence-electron chi connectivity index (χ2n) is 10.1. The topological polar surface area (TPSA) is 147 Å². The fourth-order valence-corrected chi connectivity index (χ4v) is 6.20. The number of amides is 1. The Morgan fingerprint density at radius 3 is 2.42 bits per heavy atom. The highest BCUT2D eigenvalue weighted by molar-refractivity contribution is 6.00. The average molecular weight is 513 g/mol. The molecule has 5 heterocycles. The highest BCUT2D eigenvalue weighted by Crippen LogP contribution is 2.44. The van der Waals surface area contributed by atoms with Crippen molar-refractivity contribution in [3.63, 3.8) is 0 Å². The average Bonchev–Trinajstić information content (AvgIpc) is 3.46. The van der Waals surface area contributed by atoms with Crippen molar-refractivity contribution >= 4 is 23.2 Å². The maximum atomic E-state index is 12.8. The Balaban J connectivity index is 1.43. The Kier molecular flexibility index (Phi) is 5.83. The van der Waals surface area contributed by atoms with Gasteiger partial charge in [0.15, 0.2) is 11.4 Å². The van der Waals surface area contributed by atoms with Crippen LogP contribution >= 0.6 is 0 Å². The largest absolute Gasteiger partial charge is 0.506 e. The van der Waals surface area contributed by atoms with E-state index in [9.17, 15) is 19.8 Å². The number of aromatic hydroxyl groups is 1. The zero-order chi connectivity index (χ0) is 26.6. The molecule has 0 radical (unpaired) electrons. The third-order valence-electron chi connectivity index (χ3n) is 7.83. The molecule has 0 spiro atoms. The quantitative estimate of drug-likeness (QED) is 0.346. The molecule has 0 saturated carbocycles. The molecule has 10 nitrogen and oxygen atoms in total. The fraction of sp³-hybridized carbons (Fsp3) is 0.321. The van der Waals surface area contributed by atoms with Crippen LogP contribution in [0.1, 0.15) is 54.6 Å². The molecule has 2 aliphatic rings. The van der Waals surface area contributed by atoms with Crippen molar-refractivity contribution in [2.24, 2.45) is 0 Å². The number of nitrogen functional groups attached to an aromatic ring is 1. The number of nitrogens with zero attached hydrogens (tertiary/aromatic N) is 5. The number of hydrogen-bond donors (Lipinski definition) is 3. The Morgan fingerprint density at radius 1 is 1.08 bits per heavy atom. The van der Waals surface area contributed by atoms with E-state index >= 15 is 0 Å². The smallest absolute Gasteiger partial charge is 0.248 e. The highest BCUT2D eigenvalue weighted by atomic mass is 16.3. The zero-order valence-electron chi connectivity index (χ0n) is 20.9. The second-order valence-corrected chi connectivity index (χ2v) is 10.1. The van der Waals surface area contributed by atoms with Gasteiger partial charge >= 0.3 is 0 Å². The van der Waals surface area contributed by atoms with Gasteiger partial charge in [-0.15, -0.1) is 0 Å². The number of piperidine rings is 1. The predicted octanol–water partition coefficient (Wildman–Crippen LogP) is 3.18. The lowest BCUT2D eigenvalue weighted by molar-refractivity contribution is -0.138. The minimum Gasteiger partial charge on any atom is -0.506 e. The number of aromatic nitrogens is 4. The molecule has 2 fully saturated rings. The molecule has 0 unspecified atom stereocenters. The normalized spacial score (nSPS) is 20.7. The molecular formula is C28H28N6O4. The number of benzene rings is 1. The van der Waals surface area contributed by atoms with Crippen molar-refractivity contribution in [1.82, 2.24) is 24.5 Å². The van der Waals surface area contributed by atoms with E-state index in [0.717, 1.165) is 18.4 Å². The van der Waals surface area contributed by atoms with Crippen molar-refractivity contribution in [2.45, 2.75) is 50.6 Å².